The molecule has 2 saturated heterocycles. The molecule has 3 atom stereocenters. The number of hydrogen-bond acceptors (Lipinski definition) is 8. The zero-order chi connectivity index (χ0) is 28.2. The summed E-state index contributed by atoms with van der Waals surface area (Å²) in [5, 5.41) is 3.53. The fourth-order valence-electron chi connectivity index (χ4n) is 5.39. The van der Waals surface area contributed by atoms with Gasteiger partial charge in [-0.1, -0.05) is 6.07 Å². The van der Waals surface area contributed by atoms with Crippen LogP contribution in [-0.4, -0.2) is 84.6 Å². The first-order valence-electron chi connectivity index (χ1n) is 13.7. The minimum atomic E-state index is -1.61. The van der Waals surface area contributed by atoms with Crippen molar-refractivity contribution in [3.63, 3.8) is 0 Å². The average Bonchev–Trinajstić information content (AvgIpc) is 2.93. The molecule has 5 rings (SSSR count). The summed E-state index contributed by atoms with van der Waals surface area (Å²) in [5.74, 6) is 0.295. The summed E-state index contributed by atoms with van der Waals surface area (Å²) in [7, 11) is 2.14. The lowest BCUT2D eigenvalue weighted by molar-refractivity contribution is 0.122. The van der Waals surface area contributed by atoms with Crippen molar-refractivity contribution in [2.45, 2.75) is 37.4 Å². The van der Waals surface area contributed by atoms with Crippen LogP contribution in [0, 0.1) is 5.82 Å². The highest BCUT2D eigenvalue weighted by molar-refractivity contribution is 7.86. The first-order valence-corrected chi connectivity index (χ1v) is 14.8. The summed E-state index contributed by atoms with van der Waals surface area (Å²) in [6, 6.07) is 11.5. The minimum Gasteiger partial charge on any atom is -0.378 e. The molecule has 4 heterocycles. The third-order valence-electron chi connectivity index (χ3n) is 7.14. The molecular weight excluding hydrogens is 529 g/mol. The smallest absolute Gasteiger partial charge is 0.154 e. The van der Waals surface area contributed by atoms with Crippen LogP contribution in [0.5, 0.6) is 0 Å². The van der Waals surface area contributed by atoms with Crippen molar-refractivity contribution < 1.29 is 13.3 Å². The van der Waals surface area contributed by atoms with Gasteiger partial charge in [-0.3, -0.25) is 9.88 Å². The zero-order valence-electron chi connectivity index (χ0n) is 23.6. The van der Waals surface area contributed by atoms with E-state index in [-0.39, 0.29) is 5.82 Å². The fraction of sp³-hybridized carbons (Fsp3) is 0.448. The second kappa shape index (κ2) is 12.6. The van der Waals surface area contributed by atoms with Gasteiger partial charge >= 0.3 is 0 Å². The number of halogens is 1. The number of morpholine rings is 1. The maximum atomic E-state index is 15.3. The van der Waals surface area contributed by atoms with E-state index >= 15 is 4.39 Å². The number of nitrogens with one attached hydrogen (secondary N) is 2. The quantitative estimate of drug-likeness (QED) is 0.428. The van der Waals surface area contributed by atoms with Crippen molar-refractivity contribution in [2.24, 2.45) is 0 Å². The molecule has 0 amide bonds. The first kappa shape index (κ1) is 28.4. The van der Waals surface area contributed by atoms with Crippen LogP contribution in [0.15, 0.2) is 53.7 Å². The Labute approximate surface area is 238 Å². The molecule has 2 aliphatic heterocycles. The maximum Gasteiger partial charge on any atom is 0.154 e. The Morgan fingerprint density at radius 2 is 1.85 bits per heavy atom. The van der Waals surface area contributed by atoms with Gasteiger partial charge in [0.25, 0.3) is 0 Å². The van der Waals surface area contributed by atoms with Crippen molar-refractivity contribution >= 4 is 28.2 Å². The Bertz CT molecular complexity index is 1340. The van der Waals surface area contributed by atoms with E-state index in [1.165, 1.54) is 0 Å². The van der Waals surface area contributed by atoms with Gasteiger partial charge in [0.1, 0.15) is 16.5 Å². The predicted octanol–water partition coefficient (Wildman–Crippen LogP) is 3.50. The Morgan fingerprint density at radius 3 is 2.55 bits per heavy atom. The van der Waals surface area contributed by atoms with Gasteiger partial charge in [0.2, 0.25) is 0 Å². The highest BCUT2D eigenvalue weighted by Gasteiger charge is 2.22. The van der Waals surface area contributed by atoms with Gasteiger partial charge in [0, 0.05) is 70.7 Å². The Hall–Kier alpha value is -3.12. The van der Waals surface area contributed by atoms with E-state index < -0.39 is 11.0 Å². The minimum absolute atomic E-state index is 0.322. The van der Waals surface area contributed by atoms with Crippen molar-refractivity contribution in [3.8, 4) is 11.3 Å². The van der Waals surface area contributed by atoms with Crippen LogP contribution in [0.25, 0.3) is 11.3 Å². The number of anilines is 3. The summed E-state index contributed by atoms with van der Waals surface area (Å²) < 4.78 is 37.4. The molecule has 2 N–H and O–H groups in total. The van der Waals surface area contributed by atoms with Crippen molar-refractivity contribution in [2.75, 3.05) is 68.0 Å². The van der Waals surface area contributed by atoms with E-state index in [0.717, 1.165) is 37.4 Å². The molecule has 2 aromatic heterocycles. The van der Waals surface area contributed by atoms with E-state index in [4.69, 9.17) is 4.74 Å². The van der Waals surface area contributed by atoms with E-state index in [1.807, 2.05) is 37.3 Å². The Balaban J connectivity index is 1.33. The number of rotatable bonds is 8. The molecule has 3 aromatic rings. The monoisotopic (exact) mass is 567 g/mol. The van der Waals surface area contributed by atoms with E-state index in [0.29, 0.717) is 59.5 Å². The lowest BCUT2D eigenvalue weighted by atomic mass is 10.1. The lowest BCUT2D eigenvalue weighted by Crippen LogP contribution is -2.53. The number of pyridine rings is 2. The summed E-state index contributed by atoms with van der Waals surface area (Å²) >= 11 is 0. The molecule has 11 heteroatoms. The van der Waals surface area contributed by atoms with Gasteiger partial charge in [-0.25, -0.2) is 13.6 Å². The third kappa shape index (κ3) is 6.77. The van der Waals surface area contributed by atoms with Gasteiger partial charge < -0.3 is 24.6 Å². The number of ether oxygens (including phenoxy) is 1. The summed E-state index contributed by atoms with van der Waals surface area (Å²) in [4.78, 5) is 15.9. The van der Waals surface area contributed by atoms with Crippen LogP contribution in [-0.2, 0) is 22.3 Å². The number of piperazine rings is 1. The zero-order valence-corrected chi connectivity index (χ0v) is 24.4. The molecule has 9 nitrogen and oxygen atoms in total. The summed E-state index contributed by atoms with van der Waals surface area (Å²) in [6.45, 7) is 9.72. The first-order chi connectivity index (χ1) is 19.3. The highest BCUT2D eigenvalue weighted by Crippen LogP contribution is 2.29. The standard InChI is InChI=1S/C29H38FN7O2S/c1-20-17-36(18-21(2)33-20)19-22-5-6-25(26(30)13-22)27-14-23(7-8-31-27)34-40(38)28-15-24(16-32-29(28)35(3)4)37-9-11-39-12-10-37/h5-8,13-16,20-21,33H,9-12,17-19H2,1-4H3,(H,31,34)/t20-,21?,40?/m0/s1. The molecule has 2 fully saturated rings. The summed E-state index contributed by atoms with van der Waals surface area (Å²) in [5.41, 5.74) is 3.30. The van der Waals surface area contributed by atoms with Crippen molar-refractivity contribution in [3.05, 3.63) is 60.2 Å². The number of nitrogens with zero attached hydrogens (tertiary/aromatic N) is 5. The molecule has 2 aliphatic rings. The van der Waals surface area contributed by atoms with E-state index in [9.17, 15) is 4.21 Å². The number of aromatic nitrogens is 2. The fourth-order valence-corrected chi connectivity index (χ4v) is 6.47. The second-order valence-electron chi connectivity index (χ2n) is 10.8. The van der Waals surface area contributed by atoms with Gasteiger partial charge in [0.05, 0.1) is 36.5 Å². The average molecular weight is 568 g/mol. The molecule has 0 aliphatic carbocycles. The van der Waals surface area contributed by atoms with Gasteiger partial charge in [-0.2, -0.15) is 0 Å². The van der Waals surface area contributed by atoms with Crippen LogP contribution in [0.3, 0.4) is 0 Å². The van der Waals surface area contributed by atoms with Crippen molar-refractivity contribution in [1.29, 1.82) is 0 Å². The van der Waals surface area contributed by atoms with Gasteiger partial charge in [-0.05, 0) is 49.7 Å². The molecule has 0 bridgehead atoms. The second-order valence-corrected chi connectivity index (χ2v) is 12.0. The molecule has 2 unspecified atom stereocenters. The third-order valence-corrected chi connectivity index (χ3v) is 8.26. The summed E-state index contributed by atoms with van der Waals surface area (Å²) in [6.07, 6.45) is 3.41. The largest absolute Gasteiger partial charge is 0.378 e. The number of benzene rings is 1. The van der Waals surface area contributed by atoms with Gasteiger partial charge in [0.15, 0.2) is 11.0 Å². The molecular formula is C29H38FN7O2S. The van der Waals surface area contributed by atoms with Crippen LogP contribution < -0.4 is 19.8 Å². The normalized spacial score (nSPS) is 20.8. The Kier molecular flexibility index (Phi) is 8.94. The molecule has 0 spiro atoms. The number of hydrogen-bond donors (Lipinski definition) is 2. The molecule has 214 valence electrons. The van der Waals surface area contributed by atoms with Crippen LogP contribution in [0.4, 0.5) is 21.6 Å². The lowest BCUT2D eigenvalue weighted by Gasteiger charge is -2.36. The van der Waals surface area contributed by atoms with E-state index in [2.05, 4.69) is 43.7 Å². The van der Waals surface area contributed by atoms with Crippen LogP contribution >= 0.6 is 0 Å². The van der Waals surface area contributed by atoms with Crippen LogP contribution in [0.2, 0.25) is 0 Å². The SMILES string of the molecule is CC1CN(Cc2ccc(-c3cc(NS(=O)c4cc(N5CCOCC5)cnc4N(C)C)ccn3)c(F)c2)C[C@H](C)N1. The molecule has 0 saturated carbocycles. The predicted molar refractivity (Wildman–Crippen MR) is 159 cm³/mol. The topological polar surface area (TPSA) is 85.9 Å². The van der Waals surface area contributed by atoms with Gasteiger partial charge in [-0.15, -0.1) is 0 Å². The Morgan fingerprint density at radius 1 is 1.10 bits per heavy atom. The van der Waals surface area contributed by atoms with E-state index in [1.54, 1.807) is 30.5 Å². The molecule has 1 aromatic carbocycles. The highest BCUT2D eigenvalue weighted by atomic mass is 32.2. The van der Waals surface area contributed by atoms with Crippen LogP contribution in [0.1, 0.15) is 19.4 Å². The maximum absolute atomic E-state index is 15.3. The van der Waals surface area contributed by atoms with Crippen molar-refractivity contribution in [1.82, 2.24) is 20.2 Å². The molecule has 0 radical (unpaired) electrons. The molecule has 40 heavy (non-hydrogen) atoms.